The molecule has 0 saturated carbocycles. The highest BCUT2D eigenvalue weighted by atomic mass is 79.9. The molecule has 0 radical (unpaired) electrons. The van der Waals surface area contributed by atoms with Gasteiger partial charge in [0.2, 0.25) is 5.91 Å². The van der Waals surface area contributed by atoms with E-state index < -0.39 is 11.9 Å². The summed E-state index contributed by atoms with van der Waals surface area (Å²) in [6.45, 7) is 3.66. The molecule has 0 fully saturated rings. The summed E-state index contributed by atoms with van der Waals surface area (Å²) in [4.78, 5) is 23.0. The van der Waals surface area contributed by atoms with Gasteiger partial charge in [-0.3, -0.25) is 9.59 Å². The lowest BCUT2D eigenvalue weighted by Crippen LogP contribution is -2.47. The largest absolute Gasteiger partial charge is 0.368 e. The Balaban J connectivity index is 2.81. The van der Waals surface area contributed by atoms with Crippen molar-refractivity contribution in [2.75, 3.05) is 0 Å². The number of amides is 2. The molecule has 17 heavy (non-hydrogen) atoms. The second kappa shape index (κ2) is 5.82. The minimum atomic E-state index is -0.651. The molecule has 92 valence electrons. The third-order valence-corrected chi connectivity index (χ3v) is 2.84. The van der Waals surface area contributed by atoms with E-state index in [0.717, 1.165) is 4.47 Å². The van der Waals surface area contributed by atoms with E-state index >= 15 is 0 Å². The fourth-order valence-corrected chi connectivity index (χ4v) is 1.82. The van der Waals surface area contributed by atoms with Crippen LogP contribution in [0.1, 0.15) is 24.2 Å². The van der Waals surface area contributed by atoms with Crippen molar-refractivity contribution in [1.82, 2.24) is 5.32 Å². The second-order valence-electron chi connectivity index (χ2n) is 4.11. The van der Waals surface area contributed by atoms with E-state index in [-0.39, 0.29) is 11.8 Å². The molecule has 0 bridgehead atoms. The zero-order chi connectivity index (χ0) is 13.0. The molecule has 0 saturated heterocycles. The van der Waals surface area contributed by atoms with Gasteiger partial charge in [-0.05, 0) is 24.1 Å². The summed E-state index contributed by atoms with van der Waals surface area (Å²) in [5.41, 5.74) is 5.72. The minimum Gasteiger partial charge on any atom is -0.368 e. The van der Waals surface area contributed by atoms with Crippen LogP contribution in [0.5, 0.6) is 0 Å². The van der Waals surface area contributed by atoms with Gasteiger partial charge in [0.25, 0.3) is 5.91 Å². The van der Waals surface area contributed by atoms with Gasteiger partial charge in [-0.1, -0.05) is 35.8 Å². The van der Waals surface area contributed by atoms with Crippen molar-refractivity contribution in [2.24, 2.45) is 11.7 Å². The molecule has 0 unspecified atom stereocenters. The average molecular weight is 299 g/mol. The van der Waals surface area contributed by atoms with Crippen LogP contribution in [-0.4, -0.2) is 17.9 Å². The van der Waals surface area contributed by atoms with Crippen LogP contribution in [0.2, 0.25) is 0 Å². The highest BCUT2D eigenvalue weighted by molar-refractivity contribution is 9.10. The zero-order valence-corrected chi connectivity index (χ0v) is 11.3. The van der Waals surface area contributed by atoms with Gasteiger partial charge in [0.15, 0.2) is 0 Å². The van der Waals surface area contributed by atoms with Gasteiger partial charge in [0.1, 0.15) is 6.04 Å². The lowest BCUT2D eigenvalue weighted by atomic mass is 10.0. The Hall–Kier alpha value is -1.36. The van der Waals surface area contributed by atoms with E-state index in [9.17, 15) is 9.59 Å². The van der Waals surface area contributed by atoms with Crippen LogP contribution in [0.25, 0.3) is 0 Å². The van der Waals surface area contributed by atoms with Gasteiger partial charge >= 0.3 is 0 Å². The molecular formula is C12H15BrN2O2. The molecule has 1 aromatic carbocycles. The zero-order valence-electron chi connectivity index (χ0n) is 9.74. The van der Waals surface area contributed by atoms with Crippen LogP contribution < -0.4 is 11.1 Å². The van der Waals surface area contributed by atoms with E-state index in [1.807, 2.05) is 19.9 Å². The Kier molecular flexibility index (Phi) is 4.69. The monoisotopic (exact) mass is 298 g/mol. The Labute approximate surface area is 109 Å². The van der Waals surface area contributed by atoms with Gasteiger partial charge in [0, 0.05) is 10.0 Å². The number of nitrogens with one attached hydrogen (secondary N) is 1. The highest BCUT2D eigenvalue weighted by Gasteiger charge is 2.22. The number of carbonyl (C=O) groups is 2. The van der Waals surface area contributed by atoms with Crippen molar-refractivity contribution >= 4 is 27.7 Å². The summed E-state index contributed by atoms with van der Waals surface area (Å²) >= 11 is 3.28. The standard InChI is InChI=1S/C12H15BrN2O2/c1-7(2)10(11(14)16)15-12(17)8-4-3-5-9(13)6-8/h3-7,10H,1-2H3,(H2,14,16)(H,15,17)/t10-/m1/s1. The second-order valence-corrected chi connectivity index (χ2v) is 5.02. The maximum absolute atomic E-state index is 11.9. The Morgan fingerprint density at radius 2 is 2.00 bits per heavy atom. The van der Waals surface area contributed by atoms with Crippen LogP contribution in [0.15, 0.2) is 28.7 Å². The molecule has 0 heterocycles. The van der Waals surface area contributed by atoms with Crippen molar-refractivity contribution < 1.29 is 9.59 Å². The Morgan fingerprint density at radius 3 is 2.47 bits per heavy atom. The molecular weight excluding hydrogens is 284 g/mol. The summed E-state index contributed by atoms with van der Waals surface area (Å²) in [6, 6.07) is 6.30. The highest BCUT2D eigenvalue weighted by Crippen LogP contribution is 2.12. The Bertz CT molecular complexity index is 432. The molecule has 5 heteroatoms. The maximum Gasteiger partial charge on any atom is 0.251 e. The van der Waals surface area contributed by atoms with E-state index in [1.54, 1.807) is 18.2 Å². The maximum atomic E-state index is 11.9. The average Bonchev–Trinajstić information content (AvgIpc) is 2.24. The van der Waals surface area contributed by atoms with Crippen LogP contribution in [0, 0.1) is 5.92 Å². The van der Waals surface area contributed by atoms with Crippen molar-refractivity contribution in [3.8, 4) is 0 Å². The topological polar surface area (TPSA) is 72.2 Å². The van der Waals surface area contributed by atoms with Crippen molar-refractivity contribution in [2.45, 2.75) is 19.9 Å². The van der Waals surface area contributed by atoms with Crippen molar-refractivity contribution in [3.05, 3.63) is 34.3 Å². The molecule has 0 aromatic heterocycles. The molecule has 2 amide bonds. The van der Waals surface area contributed by atoms with Gasteiger partial charge in [-0.2, -0.15) is 0 Å². The normalized spacial score (nSPS) is 12.2. The van der Waals surface area contributed by atoms with Gasteiger partial charge < -0.3 is 11.1 Å². The summed E-state index contributed by atoms with van der Waals surface area (Å²) < 4.78 is 0.810. The molecule has 1 aromatic rings. The van der Waals surface area contributed by atoms with Gasteiger partial charge in [-0.15, -0.1) is 0 Å². The molecule has 1 atom stereocenters. The summed E-state index contributed by atoms with van der Waals surface area (Å²) in [6.07, 6.45) is 0. The van der Waals surface area contributed by atoms with Crippen molar-refractivity contribution in [3.63, 3.8) is 0 Å². The molecule has 3 N–H and O–H groups in total. The smallest absolute Gasteiger partial charge is 0.251 e. The number of rotatable bonds is 4. The first kappa shape index (κ1) is 13.7. The van der Waals surface area contributed by atoms with Gasteiger partial charge in [0.05, 0.1) is 0 Å². The predicted octanol–water partition coefficient (Wildman–Crippen LogP) is 1.69. The molecule has 0 aliphatic carbocycles. The first-order valence-electron chi connectivity index (χ1n) is 5.27. The minimum absolute atomic E-state index is 0.0383. The number of primary amides is 1. The fourth-order valence-electron chi connectivity index (χ4n) is 1.42. The predicted molar refractivity (Wildman–Crippen MR) is 69.4 cm³/mol. The lowest BCUT2D eigenvalue weighted by Gasteiger charge is -2.18. The first-order valence-corrected chi connectivity index (χ1v) is 6.07. The van der Waals surface area contributed by atoms with E-state index in [0.29, 0.717) is 5.56 Å². The fraction of sp³-hybridized carbons (Fsp3) is 0.333. The quantitative estimate of drug-likeness (QED) is 0.888. The molecule has 0 spiro atoms. The number of nitrogens with two attached hydrogens (primary N) is 1. The number of hydrogen-bond acceptors (Lipinski definition) is 2. The summed E-state index contributed by atoms with van der Waals surface area (Å²) in [5.74, 6) is -0.865. The number of benzene rings is 1. The Morgan fingerprint density at radius 1 is 1.35 bits per heavy atom. The van der Waals surface area contributed by atoms with E-state index in [1.165, 1.54) is 0 Å². The molecule has 4 nitrogen and oxygen atoms in total. The molecule has 0 aliphatic heterocycles. The van der Waals surface area contributed by atoms with Crippen LogP contribution >= 0.6 is 15.9 Å². The summed E-state index contributed by atoms with van der Waals surface area (Å²) in [5, 5.41) is 2.63. The lowest BCUT2D eigenvalue weighted by molar-refractivity contribution is -0.120. The van der Waals surface area contributed by atoms with Gasteiger partial charge in [-0.25, -0.2) is 0 Å². The SMILES string of the molecule is CC(C)[C@@H](NC(=O)c1cccc(Br)c1)C(N)=O. The number of carbonyl (C=O) groups excluding carboxylic acids is 2. The number of hydrogen-bond donors (Lipinski definition) is 2. The van der Waals surface area contributed by atoms with E-state index in [4.69, 9.17) is 5.73 Å². The van der Waals surface area contributed by atoms with Crippen molar-refractivity contribution in [1.29, 1.82) is 0 Å². The van der Waals surface area contributed by atoms with Crippen LogP contribution in [0.3, 0.4) is 0 Å². The number of halogens is 1. The van der Waals surface area contributed by atoms with Crippen LogP contribution in [-0.2, 0) is 4.79 Å². The molecule has 0 aliphatic rings. The van der Waals surface area contributed by atoms with E-state index in [2.05, 4.69) is 21.2 Å². The first-order chi connectivity index (χ1) is 7.91. The third-order valence-electron chi connectivity index (χ3n) is 2.35. The molecule has 1 rings (SSSR count). The third kappa shape index (κ3) is 3.85. The summed E-state index contributed by atoms with van der Waals surface area (Å²) in [7, 11) is 0. The van der Waals surface area contributed by atoms with Crippen LogP contribution in [0.4, 0.5) is 0 Å².